The zero-order valence-corrected chi connectivity index (χ0v) is 11.7. The maximum atomic E-state index is 11.3. The molecule has 0 bridgehead atoms. The van der Waals surface area contributed by atoms with Crippen LogP contribution in [-0.2, 0) is 4.79 Å². The lowest BCUT2D eigenvalue weighted by molar-refractivity contribution is -0.978. The number of hydrogen-bond donors (Lipinski definition) is 1. The van der Waals surface area contributed by atoms with Crippen molar-refractivity contribution in [1.82, 2.24) is 0 Å². The molecular weight excluding hydrogens is 216 g/mol. The van der Waals surface area contributed by atoms with Crippen LogP contribution < -0.4 is 10.8 Å². The van der Waals surface area contributed by atoms with Gasteiger partial charge in [-0.15, -0.1) is 6.58 Å². The van der Waals surface area contributed by atoms with Crippen molar-refractivity contribution in [2.45, 2.75) is 51.2 Å². The van der Waals surface area contributed by atoms with Crippen molar-refractivity contribution < 1.29 is 14.4 Å². The highest BCUT2D eigenvalue weighted by Crippen LogP contribution is 2.33. The molecule has 0 rings (SSSR count). The summed E-state index contributed by atoms with van der Waals surface area (Å²) in [4.78, 5) is 11.3. The van der Waals surface area contributed by atoms with E-state index in [1.807, 2.05) is 21.0 Å². The molecule has 0 aromatic carbocycles. The number of carbonyl (C=O) groups excluding carboxylic acids is 1. The van der Waals surface area contributed by atoms with Crippen LogP contribution in [0.4, 0.5) is 0 Å². The molecule has 4 heteroatoms. The smallest absolute Gasteiger partial charge is 0.154 e. The summed E-state index contributed by atoms with van der Waals surface area (Å²) in [5, 5.41) is 11.3. The SMILES string of the molecule is C=CCC(N)(CCC)[N+](C)(C)C(C)(C)C(=O)[O-]. The zero-order chi connectivity index (χ0) is 13.9. The van der Waals surface area contributed by atoms with Gasteiger partial charge in [0, 0.05) is 12.8 Å². The number of nitrogens with two attached hydrogens (primary N) is 1. The molecule has 17 heavy (non-hydrogen) atoms. The predicted molar refractivity (Wildman–Crippen MR) is 67.8 cm³/mol. The van der Waals surface area contributed by atoms with Gasteiger partial charge in [-0.1, -0.05) is 13.0 Å². The van der Waals surface area contributed by atoms with Crippen LogP contribution in [0.25, 0.3) is 0 Å². The van der Waals surface area contributed by atoms with Crippen LogP contribution in [0.15, 0.2) is 12.7 Å². The van der Waals surface area contributed by atoms with Gasteiger partial charge in [0.25, 0.3) is 0 Å². The van der Waals surface area contributed by atoms with E-state index in [0.717, 1.165) is 12.8 Å². The van der Waals surface area contributed by atoms with Gasteiger partial charge < -0.3 is 14.4 Å². The lowest BCUT2D eigenvalue weighted by Crippen LogP contribution is -2.76. The standard InChI is InChI=1S/C13H26N2O2/c1-7-9-13(14,10-8-2)15(5,6)12(3,4)11(16)17/h7H,1,8-10,14H2,2-6H3. The molecule has 0 aliphatic carbocycles. The van der Waals surface area contributed by atoms with Gasteiger partial charge >= 0.3 is 0 Å². The van der Waals surface area contributed by atoms with Gasteiger partial charge in [0.2, 0.25) is 0 Å². The second-order valence-corrected chi connectivity index (χ2v) is 5.65. The highest BCUT2D eigenvalue weighted by atomic mass is 16.4. The van der Waals surface area contributed by atoms with Crippen molar-refractivity contribution in [1.29, 1.82) is 0 Å². The molecule has 0 aromatic rings. The minimum absolute atomic E-state index is 0.169. The van der Waals surface area contributed by atoms with Gasteiger partial charge in [-0.3, -0.25) is 5.73 Å². The third-order valence-corrected chi connectivity index (χ3v) is 4.19. The van der Waals surface area contributed by atoms with Gasteiger partial charge in [-0.05, 0) is 20.3 Å². The van der Waals surface area contributed by atoms with Crippen molar-refractivity contribution in [2.75, 3.05) is 14.1 Å². The molecule has 2 N–H and O–H groups in total. The van der Waals surface area contributed by atoms with Gasteiger partial charge in [0.15, 0.2) is 5.66 Å². The number of aliphatic carboxylic acids is 1. The van der Waals surface area contributed by atoms with E-state index in [9.17, 15) is 9.90 Å². The van der Waals surface area contributed by atoms with Crippen molar-refractivity contribution in [3.05, 3.63) is 12.7 Å². The summed E-state index contributed by atoms with van der Waals surface area (Å²) >= 11 is 0. The molecule has 0 radical (unpaired) electrons. The predicted octanol–water partition coefficient (Wildman–Crippen LogP) is 0.623. The van der Waals surface area contributed by atoms with Crippen LogP contribution in [0.3, 0.4) is 0 Å². The zero-order valence-electron chi connectivity index (χ0n) is 11.7. The van der Waals surface area contributed by atoms with E-state index in [1.54, 1.807) is 19.9 Å². The molecule has 0 spiro atoms. The maximum absolute atomic E-state index is 11.3. The van der Waals surface area contributed by atoms with E-state index in [1.165, 1.54) is 0 Å². The van der Waals surface area contributed by atoms with Gasteiger partial charge in [0.1, 0.15) is 11.5 Å². The molecule has 0 fully saturated rings. The minimum atomic E-state index is -1.09. The van der Waals surface area contributed by atoms with Gasteiger partial charge in [0.05, 0.1) is 14.1 Å². The summed E-state index contributed by atoms with van der Waals surface area (Å²) in [6.07, 6.45) is 3.96. The highest BCUT2D eigenvalue weighted by molar-refractivity contribution is 5.74. The fraction of sp³-hybridized carbons (Fsp3) is 0.769. The summed E-state index contributed by atoms with van der Waals surface area (Å²) < 4.78 is 0.169. The number of rotatable bonds is 7. The summed E-state index contributed by atoms with van der Waals surface area (Å²) in [7, 11) is 3.68. The average Bonchev–Trinajstić information content (AvgIpc) is 2.17. The fourth-order valence-corrected chi connectivity index (χ4v) is 2.08. The number of carboxylic acid groups (broad SMARTS) is 1. The molecule has 0 saturated heterocycles. The molecule has 1 unspecified atom stereocenters. The Morgan fingerprint density at radius 3 is 2.24 bits per heavy atom. The Kier molecular flexibility index (Phi) is 4.92. The van der Waals surface area contributed by atoms with Crippen molar-refractivity contribution >= 4 is 5.97 Å². The first-order chi connectivity index (χ1) is 7.56. The topological polar surface area (TPSA) is 66.2 Å². The van der Waals surface area contributed by atoms with E-state index in [4.69, 9.17) is 5.73 Å². The maximum Gasteiger partial charge on any atom is 0.154 e. The van der Waals surface area contributed by atoms with Crippen LogP contribution in [0.1, 0.15) is 40.0 Å². The lowest BCUT2D eigenvalue weighted by atomic mass is 9.89. The lowest BCUT2D eigenvalue weighted by Gasteiger charge is -2.55. The van der Waals surface area contributed by atoms with E-state index < -0.39 is 17.2 Å². The number of carboxylic acids is 1. The Morgan fingerprint density at radius 2 is 1.94 bits per heavy atom. The molecule has 0 aliphatic rings. The summed E-state index contributed by atoms with van der Waals surface area (Å²) in [5.74, 6) is -1.09. The molecule has 0 aromatic heterocycles. The van der Waals surface area contributed by atoms with Crippen LogP contribution in [-0.4, -0.2) is 35.7 Å². The van der Waals surface area contributed by atoms with E-state index in [0.29, 0.717) is 6.42 Å². The fourth-order valence-electron chi connectivity index (χ4n) is 2.08. The number of carbonyl (C=O) groups is 1. The number of nitrogens with zero attached hydrogens (tertiary/aromatic N) is 1. The first kappa shape index (κ1) is 16.1. The van der Waals surface area contributed by atoms with E-state index in [2.05, 4.69) is 6.58 Å². The minimum Gasteiger partial charge on any atom is -0.544 e. The van der Waals surface area contributed by atoms with Crippen molar-refractivity contribution in [3.8, 4) is 0 Å². The normalized spacial score (nSPS) is 16.4. The van der Waals surface area contributed by atoms with Crippen molar-refractivity contribution in [3.63, 3.8) is 0 Å². The molecular formula is C13H26N2O2. The monoisotopic (exact) mass is 242 g/mol. The molecule has 0 aliphatic heterocycles. The van der Waals surface area contributed by atoms with Crippen LogP contribution in [0.2, 0.25) is 0 Å². The largest absolute Gasteiger partial charge is 0.544 e. The Morgan fingerprint density at radius 1 is 1.47 bits per heavy atom. The third kappa shape index (κ3) is 2.69. The molecule has 1 atom stereocenters. The van der Waals surface area contributed by atoms with Crippen molar-refractivity contribution in [2.24, 2.45) is 5.73 Å². The highest BCUT2D eigenvalue weighted by Gasteiger charge is 2.50. The summed E-state index contributed by atoms with van der Waals surface area (Å²) in [5.41, 5.74) is 4.74. The number of likely N-dealkylation sites (N-methyl/N-ethyl adjacent to an activating group) is 1. The average molecular weight is 242 g/mol. The van der Waals surface area contributed by atoms with Crippen LogP contribution in [0, 0.1) is 0 Å². The third-order valence-electron chi connectivity index (χ3n) is 4.19. The molecule has 0 heterocycles. The van der Waals surface area contributed by atoms with Gasteiger partial charge in [-0.2, -0.15) is 0 Å². The Bertz CT molecular complexity index is 298. The second-order valence-electron chi connectivity index (χ2n) is 5.65. The van der Waals surface area contributed by atoms with E-state index >= 15 is 0 Å². The first-order valence-corrected chi connectivity index (χ1v) is 6.02. The molecule has 100 valence electrons. The Balaban J connectivity index is 5.49. The van der Waals surface area contributed by atoms with E-state index in [-0.39, 0.29) is 4.48 Å². The number of quaternary nitrogens is 1. The molecule has 0 amide bonds. The summed E-state index contributed by atoms with van der Waals surface area (Å²) in [6, 6.07) is 0. The molecule has 0 saturated carbocycles. The Hall–Kier alpha value is -0.870. The van der Waals surface area contributed by atoms with Gasteiger partial charge in [-0.25, -0.2) is 0 Å². The van der Waals surface area contributed by atoms with Crippen LogP contribution >= 0.6 is 0 Å². The number of hydrogen-bond acceptors (Lipinski definition) is 3. The first-order valence-electron chi connectivity index (χ1n) is 6.02. The molecule has 4 nitrogen and oxygen atoms in total. The quantitative estimate of drug-likeness (QED) is 0.404. The summed E-state index contributed by atoms with van der Waals surface area (Å²) in [6.45, 7) is 9.06. The second kappa shape index (κ2) is 5.19. The van der Waals surface area contributed by atoms with Crippen LogP contribution in [0.5, 0.6) is 0 Å². The Labute approximate surface area is 105 Å².